The molecule has 1 atom stereocenters. The number of nitrogens with two attached hydrogens (primary N) is 1. The third-order valence-electron chi connectivity index (χ3n) is 4.68. The Bertz CT molecular complexity index is 656. The highest BCUT2D eigenvalue weighted by Gasteiger charge is 2.23. The van der Waals surface area contributed by atoms with Crippen molar-refractivity contribution in [3.63, 3.8) is 0 Å². The first-order valence-electron chi connectivity index (χ1n) is 8.82. The van der Waals surface area contributed by atoms with Gasteiger partial charge >= 0.3 is 0 Å². The predicted molar refractivity (Wildman–Crippen MR) is 94.4 cm³/mol. The van der Waals surface area contributed by atoms with Crippen LogP contribution in [0.2, 0.25) is 0 Å². The van der Waals surface area contributed by atoms with E-state index in [9.17, 15) is 9.59 Å². The predicted octanol–water partition coefficient (Wildman–Crippen LogP) is 2.41. The van der Waals surface area contributed by atoms with Gasteiger partial charge in [-0.3, -0.25) is 9.59 Å². The van der Waals surface area contributed by atoms with Gasteiger partial charge in [-0.15, -0.1) is 0 Å². The fourth-order valence-electron chi connectivity index (χ4n) is 3.32. The molecule has 1 aliphatic carbocycles. The molecular weight excluding hydrogens is 322 g/mol. The number of rotatable bonds is 5. The van der Waals surface area contributed by atoms with Crippen molar-refractivity contribution in [1.29, 1.82) is 0 Å². The Kier molecular flexibility index (Phi) is 5.31. The number of carbonyl (C=O) groups is 2. The third kappa shape index (κ3) is 4.35. The lowest BCUT2D eigenvalue weighted by Crippen LogP contribution is -2.39. The smallest absolute Gasteiger partial charge is 0.231 e. The van der Waals surface area contributed by atoms with Gasteiger partial charge in [0.2, 0.25) is 18.6 Å². The zero-order valence-corrected chi connectivity index (χ0v) is 14.5. The van der Waals surface area contributed by atoms with E-state index in [1.165, 1.54) is 6.42 Å². The summed E-state index contributed by atoms with van der Waals surface area (Å²) in [7, 11) is 0. The quantitative estimate of drug-likeness (QED) is 0.710. The largest absolute Gasteiger partial charge is 0.454 e. The second-order valence-corrected chi connectivity index (χ2v) is 6.79. The Morgan fingerprint density at radius 2 is 1.88 bits per heavy atom. The van der Waals surface area contributed by atoms with E-state index in [0.717, 1.165) is 25.7 Å². The number of fused-ring (bicyclic) bond motifs is 1. The molecule has 0 aromatic heterocycles. The molecular formula is C18H25N3O4. The number of anilines is 2. The lowest BCUT2D eigenvalue weighted by atomic mass is 9.88. The zero-order valence-electron chi connectivity index (χ0n) is 14.5. The van der Waals surface area contributed by atoms with Crippen LogP contribution in [0.1, 0.15) is 45.4 Å². The molecule has 1 aromatic rings. The van der Waals surface area contributed by atoms with Gasteiger partial charge in [-0.25, -0.2) is 0 Å². The summed E-state index contributed by atoms with van der Waals surface area (Å²) in [6.45, 7) is 1.99. The molecule has 4 N–H and O–H groups in total. The highest BCUT2D eigenvalue weighted by atomic mass is 16.7. The highest BCUT2D eigenvalue weighted by Crippen LogP contribution is 2.38. The molecule has 3 rings (SSSR count). The first-order chi connectivity index (χ1) is 12.0. The summed E-state index contributed by atoms with van der Waals surface area (Å²) in [6, 6.07) is 3.05. The Balaban J connectivity index is 1.51. The fraction of sp³-hybridized carbons (Fsp3) is 0.556. The topological polar surface area (TPSA) is 103 Å². The normalized spacial score (nSPS) is 17.8. The average molecular weight is 347 g/mol. The van der Waals surface area contributed by atoms with Crippen molar-refractivity contribution in [3.8, 4) is 11.5 Å². The lowest BCUT2D eigenvalue weighted by molar-refractivity contribution is -0.126. The highest BCUT2D eigenvalue weighted by molar-refractivity contribution is 5.95. The Morgan fingerprint density at radius 3 is 2.60 bits per heavy atom. The van der Waals surface area contributed by atoms with E-state index in [1.54, 1.807) is 12.1 Å². The Labute approximate surface area is 147 Å². The molecule has 7 nitrogen and oxygen atoms in total. The van der Waals surface area contributed by atoms with Gasteiger partial charge in [-0.1, -0.05) is 19.3 Å². The summed E-state index contributed by atoms with van der Waals surface area (Å²) < 4.78 is 10.5. The van der Waals surface area contributed by atoms with Crippen molar-refractivity contribution in [2.75, 3.05) is 17.8 Å². The molecule has 0 saturated heterocycles. The first-order valence-corrected chi connectivity index (χ1v) is 8.82. The van der Waals surface area contributed by atoms with E-state index in [1.807, 2.05) is 6.92 Å². The van der Waals surface area contributed by atoms with Crippen LogP contribution in [-0.4, -0.2) is 24.6 Å². The van der Waals surface area contributed by atoms with Crippen molar-refractivity contribution >= 4 is 23.2 Å². The van der Waals surface area contributed by atoms with Crippen LogP contribution in [-0.2, 0) is 9.59 Å². The molecule has 1 heterocycles. The molecule has 2 aliphatic rings. The molecule has 1 aliphatic heterocycles. The summed E-state index contributed by atoms with van der Waals surface area (Å²) in [5, 5.41) is 5.72. The Hall–Kier alpha value is -2.44. The van der Waals surface area contributed by atoms with Gasteiger partial charge in [0.25, 0.3) is 0 Å². The van der Waals surface area contributed by atoms with Crippen LogP contribution < -0.4 is 25.8 Å². The van der Waals surface area contributed by atoms with E-state index in [-0.39, 0.29) is 37.0 Å². The van der Waals surface area contributed by atoms with Crippen molar-refractivity contribution < 1.29 is 19.1 Å². The summed E-state index contributed by atoms with van der Waals surface area (Å²) in [4.78, 5) is 24.5. The van der Waals surface area contributed by atoms with E-state index in [4.69, 9.17) is 15.2 Å². The second kappa shape index (κ2) is 7.63. The monoisotopic (exact) mass is 347 g/mol. The number of hydrogen-bond acceptors (Lipinski definition) is 5. The number of nitrogen functional groups attached to an aromatic ring is 1. The van der Waals surface area contributed by atoms with Gasteiger partial charge < -0.3 is 25.8 Å². The summed E-state index contributed by atoms with van der Waals surface area (Å²) in [6.07, 6.45) is 5.49. The van der Waals surface area contributed by atoms with E-state index in [0.29, 0.717) is 22.9 Å². The minimum absolute atomic E-state index is 0.0580. The van der Waals surface area contributed by atoms with Crippen molar-refractivity contribution in [3.05, 3.63) is 12.1 Å². The van der Waals surface area contributed by atoms with Gasteiger partial charge in [0.15, 0.2) is 11.5 Å². The average Bonchev–Trinajstić information content (AvgIpc) is 3.02. The van der Waals surface area contributed by atoms with Crippen LogP contribution in [0.4, 0.5) is 11.4 Å². The van der Waals surface area contributed by atoms with E-state index >= 15 is 0 Å². The molecule has 7 heteroatoms. The van der Waals surface area contributed by atoms with E-state index < -0.39 is 0 Å². The summed E-state index contributed by atoms with van der Waals surface area (Å²) in [5.74, 6) is 1.07. The molecule has 0 bridgehead atoms. The van der Waals surface area contributed by atoms with Gasteiger partial charge in [-0.05, 0) is 19.8 Å². The van der Waals surface area contributed by atoms with Gasteiger partial charge in [0.05, 0.1) is 11.4 Å². The van der Waals surface area contributed by atoms with Crippen LogP contribution in [0.5, 0.6) is 11.5 Å². The fourth-order valence-corrected chi connectivity index (χ4v) is 3.32. The number of benzene rings is 1. The number of nitrogens with one attached hydrogen (secondary N) is 2. The number of hydrogen-bond donors (Lipinski definition) is 3. The molecule has 0 spiro atoms. The van der Waals surface area contributed by atoms with Crippen molar-refractivity contribution in [2.45, 2.75) is 51.5 Å². The zero-order chi connectivity index (χ0) is 17.8. The van der Waals surface area contributed by atoms with E-state index in [2.05, 4.69) is 10.6 Å². The minimum Gasteiger partial charge on any atom is -0.454 e. The summed E-state index contributed by atoms with van der Waals surface area (Å²) >= 11 is 0. The van der Waals surface area contributed by atoms with Crippen molar-refractivity contribution in [1.82, 2.24) is 5.32 Å². The van der Waals surface area contributed by atoms with Crippen LogP contribution in [0.25, 0.3) is 0 Å². The maximum absolute atomic E-state index is 12.2. The SMILES string of the molecule is CC(CC(=O)Nc1cc2c(cc1N)OCO2)NC(=O)C1CCCCC1. The van der Waals surface area contributed by atoms with Crippen molar-refractivity contribution in [2.24, 2.45) is 5.92 Å². The standard InChI is InChI=1S/C18H25N3O4/c1-11(20-18(23)12-5-3-2-4-6-12)7-17(22)21-14-9-16-15(8-13(14)19)24-10-25-16/h8-9,11-12H,2-7,10,19H2,1H3,(H,20,23)(H,21,22). The maximum Gasteiger partial charge on any atom is 0.231 e. The molecule has 0 radical (unpaired) electrons. The Morgan fingerprint density at radius 1 is 1.20 bits per heavy atom. The third-order valence-corrected chi connectivity index (χ3v) is 4.68. The van der Waals surface area contributed by atoms with Crippen LogP contribution in [0.3, 0.4) is 0 Å². The number of amides is 2. The molecule has 2 amide bonds. The summed E-state index contributed by atoms with van der Waals surface area (Å²) in [5.41, 5.74) is 6.83. The maximum atomic E-state index is 12.2. The van der Waals surface area contributed by atoms with Gasteiger partial charge in [0.1, 0.15) is 0 Å². The first kappa shape index (κ1) is 17.4. The minimum atomic E-state index is -0.232. The lowest BCUT2D eigenvalue weighted by Gasteiger charge is -2.23. The molecule has 1 aromatic carbocycles. The number of carbonyl (C=O) groups excluding carboxylic acids is 2. The van der Waals surface area contributed by atoms with Crippen LogP contribution in [0, 0.1) is 5.92 Å². The van der Waals surface area contributed by atoms with Gasteiger partial charge in [-0.2, -0.15) is 0 Å². The molecule has 1 fully saturated rings. The van der Waals surface area contributed by atoms with Gasteiger partial charge in [0, 0.05) is 30.5 Å². The molecule has 1 unspecified atom stereocenters. The number of ether oxygens (including phenoxy) is 2. The second-order valence-electron chi connectivity index (χ2n) is 6.79. The van der Waals surface area contributed by atoms with Crippen LogP contribution in [0.15, 0.2) is 12.1 Å². The molecule has 1 saturated carbocycles. The molecule has 136 valence electrons. The van der Waals surface area contributed by atoms with Crippen LogP contribution >= 0.6 is 0 Å². The molecule has 25 heavy (non-hydrogen) atoms.